The smallest absolute Gasteiger partial charge is 0.365 e. The summed E-state index contributed by atoms with van der Waals surface area (Å²) in [6, 6.07) is 18.3. The van der Waals surface area contributed by atoms with Gasteiger partial charge in [0.05, 0.1) is 12.8 Å². The fourth-order valence-corrected chi connectivity index (χ4v) is 4.06. The van der Waals surface area contributed by atoms with E-state index in [1.165, 1.54) is 18.4 Å². The Labute approximate surface area is 177 Å². The molecule has 0 radical (unpaired) electrons. The third-order valence-electron chi connectivity index (χ3n) is 5.74. The maximum atomic E-state index is 12.6. The minimum absolute atomic E-state index is 0.267. The Morgan fingerprint density at radius 1 is 1.17 bits per heavy atom. The van der Waals surface area contributed by atoms with Crippen LogP contribution in [-0.2, 0) is 23.0 Å². The Balaban J connectivity index is 1.76. The van der Waals surface area contributed by atoms with Crippen LogP contribution in [0.15, 0.2) is 59.7 Å². The second-order valence-corrected chi connectivity index (χ2v) is 7.64. The average Bonchev–Trinajstić information content (AvgIpc) is 2.77. The largest absolute Gasteiger partial charge is 0.464 e. The van der Waals surface area contributed by atoms with E-state index in [1.54, 1.807) is 5.01 Å². The van der Waals surface area contributed by atoms with Crippen LogP contribution in [0.2, 0.25) is 0 Å². The Kier molecular flexibility index (Phi) is 5.40. The van der Waals surface area contributed by atoms with Crippen molar-refractivity contribution in [2.24, 2.45) is 12.1 Å². The molecule has 0 aliphatic carbocycles. The number of carbonyl (C=O) groups is 1. The van der Waals surface area contributed by atoms with Gasteiger partial charge in [-0.05, 0) is 48.7 Å². The zero-order valence-corrected chi connectivity index (χ0v) is 17.9. The van der Waals surface area contributed by atoms with Gasteiger partial charge in [0, 0.05) is 43.8 Å². The van der Waals surface area contributed by atoms with Gasteiger partial charge < -0.3 is 9.64 Å². The molecule has 0 saturated heterocycles. The zero-order chi connectivity index (χ0) is 21.3. The van der Waals surface area contributed by atoms with E-state index in [4.69, 9.17) is 4.74 Å². The van der Waals surface area contributed by atoms with Crippen LogP contribution in [0.4, 0.5) is 11.4 Å². The Morgan fingerprint density at radius 3 is 2.77 bits per heavy atom. The first-order valence-corrected chi connectivity index (χ1v) is 10.1. The number of aryl methyl sites for hydroxylation is 2. The Hall–Kier alpha value is -3.41. The first kappa shape index (κ1) is 19.9. The van der Waals surface area contributed by atoms with Gasteiger partial charge in [-0.15, -0.1) is 0 Å². The number of anilines is 2. The number of carbonyl (C=O) groups excluding carboxylic acids is 1. The zero-order valence-electron chi connectivity index (χ0n) is 17.9. The molecule has 0 bridgehead atoms. The van der Waals surface area contributed by atoms with Crippen molar-refractivity contribution in [1.82, 2.24) is 0 Å². The minimum atomic E-state index is -0.467. The number of hydrazone groups is 1. The molecule has 0 saturated carbocycles. The molecular formula is C24H27N4O2+. The molecule has 6 nitrogen and oxygen atoms in total. The number of methoxy groups -OCH3 is 1. The van der Waals surface area contributed by atoms with Crippen LogP contribution in [0.25, 0.3) is 10.9 Å². The number of esters is 1. The quantitative estimate of drug-likeness (QED) is 0.291. The summed E-state index contributed by atoms with van der Waals surface area (Å²) in [5, 5.41) is 7.51. The van der Waals surface area contributed by atoms with Crippen molar-refractivity contribution < 1.29 is 14.1 Å². The number of nitrogens with zero attached hydrogens (tertiary/aromatic N) is 4. The summed E-state index contributed by atoms with van der Waals surface area (Å²) in [6.07, 6.45) is 2.19. The first-order chi connectivity index (χ1) is 14.5. The van der Waals surface area contributed by atoms with Gasteiger partial charge >= 0.3 is 5.97 Å². The lowest BCUT2D eigenvalue weighted by Gasteiger charge is -2.28. The van der Waals surface area contributed by atoms with Crippen molar-refractivity contribution in [3.63, 3.8) is 0 Å². The second-order valence-electron chi connectivity index (χ2n) is 7.64. The monoisotopic (exact) mass is 403 g/mol. The van der Waals surface area contributed by atoms with Crippen molar-refractivity contribution in [3.05, 3.63) is 65.9 Å². The predicted octanol–water partition coefficient (Wildman–Crippen LogP) is 3.06. The molecule has 0 amide bonds. The topological polar surface area (TPSA) is 49.0 Å². The van der Waals surface area contributed by atoms with Gasteiger partial charge in [-0.1, -0.05) is 12.1 Å². The highest BCUT2D eigenvalue weighted by molar-refractivity contribution is 6.42. The summed E-state index contributed by atoms with van der Waals surface area (Å²) in [4.78, 5) is 14.9. The van der Waals surface area contributed by atoms with Gasteiger partial charge in [-0.3, -0.25) is 5.01 Å². The SMILES string of the molecule is COC(=O)/C(=N\N(C)c1ccc2c(c1)CCCN2C)c1ccc2ccccc2[n+]1C. The summed E-state index contributed by atoms with van der Waals surface area (Å²) in [5.74, 6) is -0.467. The van der Waals surface area contributed by atoms with E-state index in [1.807, 2.05) is 61.1 Å². The van der Waals surface area contributed by atoms with E-state index in [2.05, 4.69) is 29.2 Å². The van der Waals surface area contributed by atoms with Gasteiger partial charge in [0.15, 0.2) is 0 Å². The molecule has 1 aliphatic heterocycles. The number of para-hydroxylation sites is 1. The van der Waals surface area contributed by atoms with Crippen LogP contribution in [0.5, 0.6) is 0 Å². The molecule has 3 aromatic rings. The number of hydrogen-bond acceptors (Lipinski definition) is 5. The van der Waals surface area contributed by atoms with Crippen LogP contribution in [0.3, 0.4) is 0 Å². The lowest BCUT2D eigenvalue weighted by Crippen LogP contribution is -2.40. The number of rotatable bonds is 4. The number of pyridine rings is 1. The van der Waals surface area contributed by atoms with Gasteiger partial charge in [0.2, 0.25) is 16.9 Å². The van der Waals surface area contributed by atoms with Crippen molar-refractivity contribution in [2.45, 2.75) is 12.8 Å². The van der Waals surface area contributed by atoms with Crippen LogP contribution in [0.1, 0.15) is 17.7 Å². The molecule has 0 fully saturated rings. The third kappa shape index (κ3) is 3.61. The van der Waals surface area contributed by atoms with Crippen LogP contribution in [0, 0.1) is 0 Å². The number of hydrogen-bond donors (Lipinski definition) is 0. The Bertz CT molecular complexity index is 1140. The van der Waals surface area contributed by atoms with E-state index in [0.717, 1.165) is 36.0 Å². The predicted molar refractivity (Wildman–Crippen MR) is 120 cm³/mol. The van der Waals surface area contributed by atoms with Gasteiger partial charge in [0.25, 0.3) is 0 Å². The second kappa shape index (κ2) is 8.14. The summed E-state index contributed by atoms with van der Waals surface area (Å²) >= 11 is 0. The molecule has 2 heterocycles. The number of aromatic nitrogens is 1. The molecule has 0 unspecified atom stereocenters. The van der Waals surface area contributed by atoms with Crippen LogP contribution in [-0.4, -0.2) is 39.4 Å². The van der Waals surface area contributed by atoms with E-state index in [9.17, 15) is 4.79 Å². The summed E-state index contributed by atoms with van der Waals surface area (Å²) in [5.41, 5.74) is 5.49. The van der Waals surface area contributed by atoms with Gasteiger partial charge in [-0.2, -0.15) is 9.67 Å². The van der Waals surface area contributed by atoms with Crippen LogP contribution >= 0.6 is 0 Å². The fourth-order valence-electron chi connectivity index (χ4n) is 4.06. The first-order valence-electron chi connectivity index (χ1n) is 10.1. The highest BCUT2D eigenvalue weighted by Gasteiger charge is 2.26. The lowest BCUT2D eigenvalue weighted by atomic mass is 10.0. The number of ether oxygens (including phenoxy) is 1. The maximum Gasteiger partial charge on any atom is 0.365 e. The van der Waals surface area contributed by atoms with E-state index in [-0.39, 0.29) is 5.71 Å². The molecule has 4 rings (SSSR count). The van der Waals surface area contributed by atoms with Crippen molar-refractivity contribution in [3.8, 4) is 0 Å². The molecule has 154 valence electrons. The molecule has 6 heteroatoms. The molecule has 30 heavy (non-hydrogen) atoms. The maximum absolute atomic E-state index is 12.6. The normalized spacial score (nSPS) is 13.9. The van der Waals surface area contributed by atoms with E-state index in [0.29, 0.717) is 5.69 Å². The van der Waals surface area contributed by atoms with E-state index >= 15 is 0 Å². The van der Waals surface area contributed by atoms with Crippen molar-refractivity contribution in [1.29, 1.82) is 0 Å². The lowest BCUT2D eigenvalue weighted by molar-refractivity contribution is -0.646. The van der Waals surface area contributed by atoms with Gasteiger partial charge in [-0.25, -0.2) is 4.79 Å². The number of benzene rings is 2. The molecule has 0 spiro atoms. The summed E-state index contributed by atoms with van der Waals surface area (Å²) in [7, 11) is 7.30. The summed E-state index contributed by atoms with van der Waals surface area (Å²) < 4.78 is 7.03. The summed E-state index contributed by atoms with van der Waals surface area (Å²) in [6.45, 7) is 1.07. The molecule has 1 aromatic heterocycles. The van der Waals surface area contributed by atoms with Gasteiger partial charge in [0.1, 0.15) is 7.05 Å². The van der Waals surface area contributed by atoms with E-state index < -0.39 is 5.97 Å². The fraction of sp³-hybridized carbons (Fsp3) is 0.292. The number of fused-ring (bicyclic) bond motifs is 2. The highest BCUT2D eigenvalue weighted by Crippen LogP contribution is 2.30. The average molecular weight is 404 g/mol. The van der Waals surface area contributed by atoms with Crippen LogP contribution < -0.4 is 14.5 Å². The molecule has 2 aromatic carbocycles. The van der Waals surface area contributed by atoms with Crippen molar-refractivity contribution in [2.75, 3.05) is 37.7 Å². The van der Waals surface area contributed by atoms with Crippen molar-refractivity contribution >= 4 is 34.0 Å². The standard InChI is InChI=1S/C24H27N4O2/c1-26-15-7-9-18-16-19(12-14-20(18)26)28(3)25-23(24(29)30-4)22-13-11-17-8-5-6-10-21(17)27(22)2/h5-6,8,10-14,16H,7,9,15H2,1-4H3/q+1. The molecular weight excluding hydrogens is 376 g/mol. The third-order valence-corrected chi connectivity index (χ3v) is 5.74. The molecule has 0 N–H and O–H groups in total. The Morgan fingerprint density at radius 2 is 1.97 bits per heavy atom. The minimum Gasteiger partial charge on any atom is -0.464 e. The molecule has 0 atom stereocenters. The highest BCUT2D eigenvalue weighted by atomic mass is 16.5. The molecule has 1 aliphatic rings.